The van der Waals surface area contributed by atoms with Gasteiger partial charge in [-0.2, -0.15) is 0 Å². The van der Waals surface area contributed by atoms with Crippen molar-refractivity contribution < 1.29 is 14.0 Å². The number of Topliss-reactive ketones (excluding diaryl/α,β-unsaturated/α-hetero) is 1. The lowest BCUT2D eigenvalue weighted by atomic mass is 9.77. The lowest BCUT2D eigenvalue weighted by Gasteiger charge is -2.38. The molecule has 2 aromatic rings. The molecule has 0 saturated heterocycles. The van der Waals surface area contributed by atoms with Gasteiger partial charge in [0, 0.05) is 45.8 Å². The summed E-state index contributed by atoms with van der Waals surface area (Å²) < 4.78 is 13.3. The Kier molecular flexibility index (Phi) is 4.79. The molecule has 2 aliphatic rings. The molecule has 0 fully saturated rings. The maximum Gasteiger partial charge on any atom is 0.232 e. The fourth-order valence-electron chi connectivity index (χ4n) is 3.97. The second kappa shape index (κ2) is 7.10. The molecule has 3 nitrogen and oxygen atoms in total. The van der Waals surface area contributed by atoms with Gasteiger partial charge in [0.25, 0.3) is 0 Å². The number of carbonyl (C=O) groups excluding carboxylic acids is 2. The van der Waals surface area contributed by atoms with Gasteiger partial charge in [-0.3, -0.25) is 14.5 Å². The van der Waals surface area contributed by atoms with Gasteiger partial charge in [0.05, 0.1) is 0 Å². The Balaban J connectivity index is 1.90. The number of halogens is 3. The molecule has 1 aliphatic heterocycles. The first kappa shape index (κ1) is 18.2. The Morgan fingerprint density at radius 2 is 1.63 bits per heavy atom. The van der Waals surface area contributed by atoms with Crippen LogP contribution in [0.5, 0.6) is 0 Å². The van der Waals surface area contributed by atoms with Crippen LogP contribution in [0.25, 0.3) is 0 Å². The zero-order valence-corrected chi connectivity index (χ0v) is 15.9. The minimum Gasteiger partial charge on any atom is -0.294 e. The molecule has 2 aromatic carbocycles. The molecule has 6 heteroatoms. The summed E-state index contributed by atoms with van der Waals surface area (Å²) in [5.41, 5.74) is 2.46. The maximum absolute atomic E-state index is 13.3. The number of amides is 1. The number of hydrogen-bond donors (Lipinski definition) is 0. The number of hydrogen-bond acceptors (Lipinski definition) is 2. The highest BCUT2D eigenvalue weighted by Crippen LogP contribution is 2.46. The van der Waals surface area contributed by atoms with Gasteiger partial charge in [-0.25, -0.2) is 4.39 Å². The third-order valence-electron chi connectivity index (χ3n) is 5.11. The SMILES string of the molecule is O=C1CCCC2=C1C(c1c(Cl)cccc1Cl)CC(=O)N2c1ccc(F)cc1. The molecular formula is C21H16Cl2FNO2. The molecule has 1 atom stereocenters. The van der Waals surface area contributed by atoms with Crippen molar-refractivity contribution in [3.63, 3.8) is 0 Å². The van der Waals surface area contributed by atoms with Crippen LogP contribution in [0.1, 0.15) is 37.2 Å². The van der Waals surface area contributed by atoms with Gasteiger partial charge in [-0.05, 0) is 54.8 Å². The van der Waals surface area contributed by atoms with Crippen LogP contribution in [-0.4, -0.2) is 11.7 Å². The summed E-state index contributed by atoms with van der Waals surface area (Å²) in [6.45, 7) is 0. The van der Waals surface area contributed by atoms with Crippen LogP contribution in [0.3, 0.4) is 0 Å². The van der Waals surface area contributed by atoms with E-state index in [0.717, 1.165) is 0 Å². The molecule has 4 rings (SSSR count). The van der Waals surface area contributed by atoms with Crippen molar-refractivity contribution >= 4 is 40.6 Å². The highest BCUT2D eigenvalue weighted by Gasteiger charge is 2.41. The predicted octanol–water partition coefficient (Wildman–Crippen LogP) is 5.66. The highest BCUT2D eigenvalue weighted by molar-refractivity contribution is 6.36. The van der Waals surface area contributed by atoms with Gasteiger partial charge in [-0.15, -0.1) is 0 Å². The Bertz CT molecular complexity index is 948. The number of carbonyl (C=O) groups is 2. The number of rotatable bonds is 2. The van der Waals surface area contributed by atoms with Gasteiger partial charge < -0.3 is 0 Å². The first-order chi connectivity index (χ1) is 13.0. The Hall–Kier alpha value is -2.17. The van der Waals surface area contributed by atoms with Gasteiger partial charge in [0.15, 0.2) is 5.78 Å². The molecule has 1 heterocycles. The molecule has 1 aliphatic carbocycles. The van der Waals surface area contributed by atoms with Crippen molar-refractivity contribution in [3.05, 3.63) is 75.2 Å². The van der Waals surface area contributed by atoms with Crippen LogP contribution < -0.4 is 4.90 Å². The van der Waals surface area contributed by atoms with Crippen LogP contribution in [-0.2, 0) is 9.59 Å². The van der Waals surface area contributed by atoms with Crippen LogP contribution in [0.15, 0.2) is 53.7 Å². The molecule has 138 valence electrons. The van der Waals surface area contributed by atoms with Gasteiger partial charge in [0.1, 0.15) is 5.82 Å². The minimum absolute atomic E-state index is 0.0110. The molecule has 0 aromatic heterocycles. The van der Waals surface area contributed by atoms with E-state index >= 15 is 0 Å². The monoisotopic (exact) mass is 403 g/mol. The van der Waals surface area contributed by atoms with Crippen molar-refractivity contribution in [2.75, 3.05) is 4.90 Å². The maximum atomic E-state index is 13.3. The molecule has 0 spiro atoms. The molecule has 1 unspecified atom stereocenters. The Labute approximate surface area is 166 Å². The van der Waals surface area contributed by atoms with E-state index in [1.54, 1.807) is 35.2 Å². The van der Waals surface area contributed by atoms with E-state index in [0.29, 0.717) is 51.8 Å². The standard InChI is InChI=1S/C21H16Cl2FNO2/c22-15-3-1-4-16(23)20(15)14-11-19(27)25(13-9-7-12(24)8-10-13)17-5-2-6-18(26)21(14)17/h1,3-4,7-10,14H,2,5-6,11H2. The quantitative estimate of drug-likeness (QED) is 0.648. The lowest BCUT2D eigenvalue weighted by molar-refractivity contribution is -0.119. The third-order valence-corrected chi connectivity index (χ3v) is 5.77. The van der Waals surface area contributed by atoms with E-state index < -0.39 is 5.92 Å². The minimum atomic E-state index is -0.460. The van der Waals surface area contributed by atoms with E-state index in [4.69, 9.17) is 23.2 Å². The fourth-order valence-corrected chi connectivity index (χ4v) is 4.63. The molecule has 0 radical (unpaired) electrons. The van der Waals surface area contributed by atoms with Crippen molar-refractivity contribution in [1.82, 2.24) is 0 Å². The van der Waals surface area contributed by atoms with Crippen LogP contribution >= 0.6 is 23.2 Å². The molecule has 0 saturated carbocycles. The summed E-state index contributed by atoms with van der Waals surface area (Å²) in [7, 11) is 0. The average Bonchev–Trinajstić information content (AvgIpc) is 2.63. The third kappa shape index (κ3) is 3.17. The molecule has 0 bridgehead atoms. The second-order valence-electron chi connectivity index (χ2n) is 6.73. The number of benzene rings is 2. The highest BCUT2D eigenvalue weighted by atomic mass is 35.5. The first-order valence-corrected chi connectivity index (χ1v) is 9.51. The van der Waals surface area contributed by atoms with Crippen molar-refractivity contribution in [2.45, 2.75) is 31.6 Å². The number of allylic oxidation sites excluding steroid dienone is 2. The predicted molar refractivity (Wildman–Crippen MR) is 104 cm³/mol. The van der Waals surface area contributed by atoms with Gasteiger partial charge in [0.2, 0.25) is 5.91 Å². The summed E-state index contributed by atoms with van der Waals surface area (Å²) in [5.74, 6) is -0.982. The summed E-state index contributed by atoms with van der Waals surface area (Å²) in [6, 6.07) is 10.9. The van der Waals surface area contributed by atoms with E-state index in [1.807, 2.05) is 0 Å². The number of anilines is 1. The largest absolute Gasteiger partial charge is 0.294 e. The van der Waals surface area contributed by atoms with Crippen LogP contribution in [0, 0.1) is 5.82 Å². The fraction of sp³-hybridized carbons (Fsp3) is 0.238. The average molecular weight is 404 g/mol. The molecule has 1 amide bonds. The van der Waals surface area contributed by atoms with Crippen LogP contribution in [0.2, 0.25) is 10.0 Å². The Morgan fingerprint density at radius 1 is 0.963 bits per heavy atom. The van der Waals surface area contributed by atoms with Gasteiger partial charge in [-0.1, -0.05) is 29.3 Å². The van der Waals surface area contributed by atoms with Crippen LogP contribution in [0.4, 0.5) is 10.1 Å². The summed E-state index contributed by atoms with van der Waals surface area (Å²) >= 11 is 12.8. The van der Waals surface area contributed by atoms with E-state index in [1.165, 1.54) is 12.1 Å². The number of nitrogens with zero attached hydrogens (tertiary/aromatic N) is 1. The van der Waals surface area contributed by atoms with Crippen molar-refractivity contribution in [3.8, 4) is 0 Å². The van der Waals surface area contributed by atoms with Crippen molar-refractivity contribution in [2.24, 2.45) is 0 Å². The first-order valence-electron chi connectivity index (χ1n) is 8.76. The molecular weight excluding hydrogens is 388 g/mol. The van der Waals surface area contributed by atoms with E-state index in [9.17, 15) is 14.0 Å². The second-order valence-corrected chi connectivity index (χ2v) is 7.55. The number of ketones is 1. The summed E-state index contributed by atoms with van der Waals surface area (Å²) in [4.78, 5) is 27.4. The normalized spacial score (nSPS) is 20.1. The zero-order chi connectivity index (χ0) is 19.1. The van der Waals surface area contributed by atoms with E-state index in [2.05, 4.69) is 0 Å². The van der Waals surface area contributed by atoms with E-state index in [-0.39, 0.29) is 23.9 Å². The topological polar surface area (TPSA) is 37.4 Å². The summed E-state index contributed by atoms with van der Waals surface area (Å²) in [5, 5.41) is 0.890. The van der Waals surface area contributed by atoms with Gasteiger partial charge >= 0.3 is 0 Å². The van der Waals surface area contributed by atoms with Crippen molar-refractivity contribution in [1.29, 1.82) is 0 Å². The smallest absolute Gasteiger partial charge is 0.232 e. The lowest BCUT2D eigenvalue weighted by Crippen LogP contribution is -2.40. The molecule has 27 heavy (non-hydrogen) atoms. The molecule has 0 N–H and O–H groups in total. The summed E-state index contributed by atoms with van der Waals surface area (Å²) in [6.07, 6.45) is 1.79. The zero-order valence-electron chi connectivity index (χ0n) is 14.3. The Morgan fingerprint density at radius 3 is 2.30 bits per heavy atom.